The summed E-state index contributed by atoms with van der Waals surface area (Å²) in [5, 5.41) is 0. The number of halogens is 1. The number of urea groups is 1. The van der Waals surface area contributed by atoms with Gasteiger partial charge in [0.1, 0.15) is 0 Å². The monoisotopic (exact) mass is 148 g/mol. The Balaban J connectivity index is 2.51. The van der Waals surface area contributed by atoms with Gasteiger partial charge in [-0.1, -0.05) is 0 Å². The minimum atomic E-state index is -0.0702. The Morgan fingerprint density at radius 1 is 1.67 bits per heavy atom. The van der Waals surface area contributed by atoms with Crippen molar-refractivity contribution in [3.05, 3.63) is 0 Å². The maximum absolute atomic E-state index is 10.9. The van der Waals surface area contributed by atoms with Gasteiger partial charge >= 0.3 is 6.03 Å². The summed E-state index contributed by atoms with van der Waals surface area (Å²) in [6.07, 6.45) is 0. The summed E-state index contributed by atoms with van der Waals surface area (Å²) in [6, 6.07) is -0.0702. The molecule has 1 heterocycles. The lowest BCUT2D eigenvalue weighted by atomic mass is 10.6. The summed E-state index contributed by atoms with van der Waals surface area (Å²) < 4.78 is 1.21. The minimum Gasteiger partial charge on any atom is -0.322 e. The molecule has 0 unspecified atom stereocenters. The van der Waals surface area contributed by atoms with Gasteiger partial charge in [0.05, 0.1) is 6.54 Å². The third kappa shape index (κ3) is 1.10. The Morgan fingerprint density at radius 2 is 2.33 bits per heavy atom. The van der Waals surface area contributed by atoms with E-state index in [9.17, 15) is 4.79 Å². The van der Waals surface area contributed by atoms with Crippen LogP contribution in [0, 0.1) is 0 Å². The fourth-order valence-electron chi connectivity index (χ4n) is 0.847. The van der Waals surface area contributed by atoms with Gasteiger partial charge in [-0.05, 0) is 6.92 Å². The Bertz CT molecular complexity index is 128. The molecule has 0 aliphatic carbocycles. The lowest BCUT2D eigenvalue weighted by Gasteiger charge is -2.10. The molecule has 3 nitrogen and oxygen atoms in total. The lowest BCUT2D eigenvalue weighted by molar-refractivity contribution is 0.209. The molecule has 1 rings (SSSR count). The SMILES string of the molecule is CCN1CCN(Cl)C1=O. The average molecular weight is 149 g/mol. The Kier molecular flexibility index (Phi) is 1.81. The van der Waals surface area contributed by atoms with Gasteiger partial charge in [0, 0.05) is 24.9 Å². The molecule has 1 aliphatic heterocycles. The Labute approximate surface area is 59.3 Å². The van der Waals surface area contributed by atoms with Crippen molar-refractivity contribution < 1.29 is 4.79 Å². The van der Waals surface area contributed by atoms with Gasteiger partial charge in [-0.2, -0.15) is 0 Å². The van der Waals surface area contributed by atoms with E-state index in [0.717, 1.165) is 13.1 Å². The van der Waals surface area contributed by atoms with Gasteiger partial charge in [-0.3, -0.25) is 0 Å². The predicted octanol–water partition coefficient (Wildman–Crippen LogP) is 0.898. The molecule has 0 atom stereocenters. The molecule has 0 aromatic rings. The highest BCUT2D eigenvalue weighted by Gasteiger charge is 2.24. The zero-order valence-corrected chi connectivity index (χ0v) is 6.06. The Hall–Kier alpha value is -0.440. The van der Waals surface area contributed by atoms with Gasteiger partial charge in [0.25, 0.3) is 0 Å². The van der Waals surface area contributed by atoms with Crippen molar-refractivity contribution in [3.63, 3.8) is 0 Å². The highest BCUT2D eigenvalue weighted by Crippen LogP contribution is 2.09. The van der Waals surface area contributed by atoms with E-state index in [1.54, 1.807) is 4.90 Å². The summed E-state index contributed by atoms with van der Waals surface area (Å²) in [5.74, 6) is 0. The van der Waals surface area contributed by atoms with E-state index in [2.05, 4.69) is 0 Å². The lowest BCUT2D eigenvalue weighted by Crippen LogP contribution is -2.26. The number of carbonyl (C=O) groups excluding carboxylic acids is 1. The molecule has 0 spiro atoms. The highest BCUT2D eigenvalue weighted by molar-refractivity contribution is 6.21. The predicted molar refractivity (Wildman–Crippen MR) is 35.2 cm³/mol. The van der Waals surface area contributed by atoms with Crippen molar-refractivity contribution in [2.75, 3.05) is 19.6 Å². The second-order valence-corrected chi connectivity index (χ2v) is 2.36. The number of carbonyl (C=O) groups is 1. The van der Waals surface area contributed by atoms with Crippen LogP contribution < -0.4 is 0 Å². The van der Waals surface area contributed by atoms with Crippen molar-refractivity contribution in [2.24, 2.45) is 0 Å². The molecule has 0 aromatic carbocycles. The molecule has 0 bridgehead atoms. The van der Waals surface area contributed by atoms with E-state index in [0.29, 0.717) is 6.54 Å². The van der Waals surface area contributed by atoms with Crippen LogP contribution in [0.25, 0.3) is 0 Å². The topological polar surface area (TPSA) is 23.6 Å². The van der Waals surface area contributed by atoms with Crippen molar-refractivity contribution >= 4 is 17.8 Å². The molecule has 2 amide bonds. The standard InChI is InChI=1S/C5H9ClN2O/c1-2-7-3-4-8(6)5(7)9/h2-4H2,1H3. The number of nitrogens with zero attached hydrogens (tertiary/aromatic N) is 2. The van der Waals surface area contributed by atoms with E-state index in [4.69, 9.17) is 11.8 Å². The summed E-state index contributed by atoms with van der Waals surface area (Å²) >= 11 is 5.48. The van der Waals surface area contributed by atoms with Gasteiger partial charge in [0.2, 0.25) is 0 Å². The number of hydrogen-bond acceptors (Lipinski definition) is 1. The number of likely N-dealkylation sites (N-methyl/N-ethyl adjacent to an activating group) is 1. The second kappa shape index (κ2) is 2.43. The van der Waals surface area contributed by atoms with Gasteiger partial charge in [-0.15, -0.1) is 0 Å². The normalized spacial score (nSPS) is 19.6. The zero-order valence-electron chi connectivity index (χ0n) is 5.30. The van der Waals surface area contributed by atoms with E-state index in [1.807, 2.05) is 6.92 Å². The molecular weight excluding hydrogens is 140 g/mol. The van der Waals surface area contributed by atoms with Crippen molar-refractivity contribution in [3.8, 4) is 0 Å². The van der Waals surface area contributed by atoms with Crippen LogP contribution in [0.2, 0.25) is 0 Å². The number of hydrogen-bond donors (Lipinski definition) is 0. The van der Waals surface area contributed by atoms with Crippen LogP contribution in [-0.2, 0) is 0 Å². The van der Waals surface area contributed by atoms with E-state index in [1.165, 1.54) is 4.42 Å². The average Bonchev–Trinajstić information content (AvgIpc) is 2.15. The molecule has 1 saturated heterocycles. The maximum atomic E-state index is 10.9. The summed E-state index contributed by atoms with van der Waals surface area (Å²) in [4.78, 5) is 12.6. The van der Waals surface area contributed by atoms with Crippen molar-refractivity contribution in [1.29, 1.82) is 0 Å². The molecule has 0 saturated carbocycles. The van der Waals surface area contributed by atoms with E-state index in [-0.39, 0.29) is 6.03 Å². The molecule has 4 heteroatoms. The smallest absolute Gasteiger partial charge is 0.322 e. The summed E-state index contributed by atoms with van der Waals surface area (Å²) in [6.45, 7) is 4.10. The van der Waals surface area contributed by atoms with Crippen LogP contribution in [0.4, 0.5) is 4.79 Å². The molecule has 0 N–H and O–H groups in total. The fourth-order valence-corrected chi connectivity index (χ4v) is 1.03. The molecule has 0 radical (unpaired) electrons. The van der Waals surface area contributed by atoms with Crippen LogP contribution in [0.1, 0.15) is 6.92 Å². The number of amides is 2. The first-order chi connectivity index (χ1) is 4.25. The summed E-state index contributed by atoms with van der Waals surface area (Å²) in [7, 11) is 0. The third-order valence-electron chi connectivity index (χ3n) is 1.43. The van der Waals surface area contributed by atoms with E-state index >= 15 is 0 Å². The molecule has 0 aromatic heterocycles. The van der Waals surface area contributed by atoms with Crippen LogP contribution in [-0.4, -0.2) is 35.0 Å². The maximum Gasteiger partial charge on any atom is 0.334 e. The third-order valence-corrected chi connectivity index (χ3v) is 1.74. The van der Waals surface area contributed by atoms with Crippen LogP contribution >= 0.6 is 11.8 Å². The highest BCUT2D eigenvalue weighted by atomic mass is 35.5. The van der Waals surface area contributed by atoms with Gasteiger partial charge < -0.3 is 4.90 Å². The number of rotatable bonds is 1. The van der Waals surface area contributed by atoms with Gasteiger partial charge in [-0.25, -0.2) is 9.21 Å². The fraction of sp³-hybridized carbons (Fsp3) is 0.800. The van der Waals surface area contributed by atoms with Crippen LogP contribution in [0.15, 0.2) is 0 Å². The first-order valence-corrected chi connectivity index (χ1v) is 3.31. The quantitative estimate of drug-likeness (QED) is 0.507. The minimum absolute atomic E-state index is 0.0702. The van der Waals surface area contributed by atoms with Gasteiger partial charge in [0.15, 0.2) is 0 Å². The first kappa shape index (κ1) is 6.68. The largest absolute Gasteiger partial charge is 0.334 e. The molecule has 1 fully saturated rings. The zero-order chi connectivity index (χ0) is 6.85. The van der Waals surface area contributed by atoms with E-state index < -0.39 is 0 Å². The molecular formula is C5H9ClN2O. The molecule has 52 valence electrons. The molecule has 9 heavy (non-hydrogen) atoms. The molecule has 1 aliphatic rings. The van der Waals surface area contributed by atoms with Crippen molar-refractivity contribution in [1.82, 2.24) is 9.32 Å². The summed E-state index contributed by atoms with van der Waals surface area (Å²) in [5.41, 5.74) is 0. The second-order valence-electron chi connectivity index (χ2n) is 1.95. The van der Waals surface area contributed by atoms with Crippen LogP contribution in [0.5, 0.6) is 0 Å². The Morgan fingerprint density at radius 3 is 2.56 bits per heavy atom. The van der Waals surface area contributed by atoms with Crippen molar-refractivity contribution in [2.45, 2.75) is 6.92 Å². The first-order valence-electron chi connectivity index (χ1n) is 2.98. The van der Waals surface area contributed by atoms with Crippen LogP contribution in [0.3, 0.4) is 0 Å².